The summed E-state index contributed by atoms with van der Waals surface area (Å²) in [5.74, 6) is -13.1. The second-order valence-electron chi connectivity index (χ2n) is 16.6. The van der Waals surface area contributed by atoms with E-state index in [1.807, 2.05) is 5.32 Å². The van der Waals surface area contributed by atoms with Crippen molar-refractivity contribution in [2.45, 2.75) is 122 Å². The molecule has 1 rings (SSSR count). The number of aromatic hydroxyl groups is 1. The van der Waals surface area contributed by atoms with Gasteiger partial charge in [0.25, 0.3) is 0 Å². The highest BCUT2D eigenvalue weighted by Gasteiger charge is 2.35. The van der Waals surface area contributed by atoms with Crippen LogP contribution in [0.15, 0.2) is 24.3 Å². The summed E-state index contributed by atoms with van der Waals surface area (Å²) in [6.07, 6.45) is -1.60. The molecule has 8 amide bonds. The minimum absolute atomic E-state index is 0.0261. The lowest BCUT2D eigenvalue weighted by molar-refractivity contribution is -0.142. The zero-order valence-corrected chi connectivity index (χ0v) is 39.1. The van der Waals surface area contributed by atoms with Crippen molar-refractivity contribution in [2.24, 2.45) is 23.5 Å². The van der Waals surface area contributed by atoms with E-state index in [2.05, 4.69) is 49.8 Å². The van der Waals surface area contributed by atoms with Gasteiger partial charge in [0.2, 0.25) is 47.3 Å². The van der Waals surface area contributed by atoms with Crippen LogP contribution in [-0.2, 0) is 59.2 Å². The fraction of sp³-hybridized carbons (Fsp3) is 0.595. The van der Waals surface area contributed by atoms with Crippen LogP contribution in [0, 0.1) is 17.8 Å². The van der Waals surface area contributed by atoms with Crippen LogP contribution in [0.25, 0.3) is 0 Å². The minimum Gasteiger partial charge on any atom is -0.508 e. The van der Waals surface area contributed by atoms with Gasteiger partial charge in [-0.3, -0.25) is 52.7 Å². The number of hydrogen-bond acceptors (Lipinski definition) is 14. The van der Waals surface area contributed by atoms with E-state index in [1.54, 1.807) is 39.8 Å². The van der Waals surface area contributed by atoms with Crippen LogP contribution in [-0.4, -0.2) is 147 Å². The molecule has 0 spiro atoms. The molecule has 0 radical (unpaired) electrons. The van der Waals surface area contributed by atoms with Crippen molar-refractivity contribution in [3.05, 3.63) is 29.8 Å². The van der Waals surface area contributed by atoms with Crippen molar-refractivity contribution < 1.29 is 73.2 Å². The monoisotopic (exact) mass is 967 g/mol. The van der Waals surface area contributed by atoms with Gasteiger partial charge in [-0.25, -0.2) is 0 Å². The molecule has 0 saturated carbocycles. The Balaban J connectivity index is 3.13. The van der Waals surface area contributed by atoms with Crippen molar-refractivity contribution in [2.75, 3.05) is 18.8 Å². The third-order valence-electron chi connectivity index (χ3n) is 10.1. The third kappa shape index (κ3) is 22.0. The topological polar surface area (TPSA) is 391 Å². The maximum atomic E-state index is 13.7. The molecule has 0 aliphatic rings. The summed E-state index contributed by atoms with van der Waals surface area (Å²) in [5.41, 5.74) is 6.69. The molecule has 0 fully saturated rings. The number of benzene rings is 1. The van der Waals surface area contributed by atoms with Crippen molar-refractivity contribution in [3.63, 3.8) is 0 Å². The Morgan fingerprint density at radius 3 is 1.66 bits per heavy atom. The number of thiol groups is 1. The number of phenols is 1. The molecule has 0 bridgehead atoms. The molecule has 1 aromatic carbocycles. The number of aliphatic carboxylic acids is 3. The summed E-state index contributed by atoms with van der Waals surface area (Å²) in [4.78, 5) is 140. The number of amides is 8. The lowest BCUT2D eigenvalue weighted by Gasteiger charge is -2.28. The first-order chi connectivity index (χ1) is 31.3. The van der Waals surface area contributed by atoms with E-state index in [4.69, 9.17) is 10.8 Å². The standard InChI is InChI=1S/C42H65N9O15S/c1-7-22(6)35(51-40(64)29(19-67)49-36(60)25(43)15-23-8-10-24(52)11-9-23)41(65)44-17-30(53)46-26(12-13-31(54)55)38(62)50-34(21(4)5)42(66)48-27(14-20(2)3)39(63)47-28(16-32(56)57)37(61)45-18-33(58)59/h8-11,20-22,25-29,34-35,52,67H,7,12-19,43H2,1-6H3,(H,44,65)(H,45,61)(H,46,53)(H,47,63)(H,48,66)(H,49,60)(H,50,62)(H,51,64)(H,54,55)(H,56,57)(H,58,59). The molecule has 0 heterocycles. The van der Waals surface area contributed by atoms with E-state index in [0.29, 0.717) is 12.0 Å². The number of hydrogen-bond donors (Lipinski definition) is 14. The summed E-state index contributed by atoms with van der Waals surface area (Å²) >= 11 is 4.17. The molecule has 0 aromatic heterocycles. The first-order valence-electron chi connectivity index (χ1n) is 21.5. The van der Waals surface area contributed by atoms with Gasteiger partial charge in [0.05, 0.1) is 19.0 Å². The van der Waals surface area contributed by atoms with Crippen molar-refractivity contribution in [1.29, 1.82) is 0 Å². The van der Waals surface area contributed by atoms with Gasteiger partial charge in [-0.05, 0) is 54.7 Å². The Bertz CT molecular complexity index is 1920. The highest BCUT2D eigenvalue weighted by Crippen LogP contribution is 2.13. The maximum absolute atomic E-state index is 13.7. The molecule has 0 aliphatic heterocycles. The molecule has 14 N–H and O–H groups in total. The Morgan fingerprint density at radius 2 is 1.13 bits per heavy atom. The number of carbonyl (C=O) groups excluding carboxylic acids is 8. The number of carboxylic acid groups (broad SMARTS) is 3. The van der Waals surface area contributed by atoms with Gasteiger partial charge >= 0.3 is 17.9 Å². The highest BCUT2D eigenvalue weighted by atomic mass is 32.1. The molecule has 8 atom stereocenters. The first-order valence-corrected chi connectivity index (χ1v) is 22.1. The van der Waals surface area contributed by atoms with Gasteiger partial charge in [0.15, 0.2) is 0 Å². The highest BCUT2D eigenvalue weighted by molar-refractivity contribution is 7.80. The molecule has 24 nitrogen and oxygen atoms in total. The Hall–Kier alpha value is -6.50. The molecule has 374 valence electrons. The second-order valence-corrected chi connectivity index (χ2v) is 16.9. The summed E-state index contributed by atoms with van der Waals surface area (Å²) in [6.45, 7) is 8.23. The van der Waals surface area contributed by atoms with Crippen LogP contribution in [0.3, 0.4) is 0 Å². The van der Waals surface area contributed by atoms with Gasteiger partial charge < -0.3 is 68.7 Å². The van der Waals surface area contributed by atoms with Gasteiger partial charge in [0.1, 0.15) is 48.5 Å². The van der Waals surface area contributed by atoms with E-state index in [0.717, 1.165) is 0 Å². The molecule has 67 heavy (non-hydrogen) atoms. The maximum Gasteiger partial charge on any atom is 0.322 e. The van der Waals surface area contributed by atoms with Crippen molar-refractivity contribution in [1.82, 2.24) is 42.5 Å². The average Bonchev–Trinajstić information content (AvgIpc) is 3.25. The lowest BCUT2D eigenvalue weighted by Crippen LogP contribution is -2.60. The van der Waals surface area contributed by atoms with Gasteiger partial charge in [0, 0.05) is 12.2 Å². The molecular formula is C42H65N9O15S. The minimum atomic E-state index is -1.72. The van der Waals surface area contributed by atoms with Crippen LogP contribution in [0.4, 0.5) is 0 Å². The zero-order chi connectivity index (χ0) is 51.1. The molecule has 25 heteroatoms. The predicted molar refractivity (Wildman–Crippen MR) is 242 cm³/mol. The average molecular weight is 968 g/mol. The summed E-state index contributed by atoms with van der Waals surface area (Å²) in [5, 5.41) is 56.0. The van der Waals surface area contributed by atoms with Gasteiger partial charge in [-0.1, -0.05) is 60.1 Å². The van der Waals surface area contributed by atoms with E-state index < -0.39 is 152 Å². The van der Waals surface area contributed by atoms with E-state index in [-0.39, 0.29) is 30.3 Å². The smallest absolute Gasteiger partial charge is 0.322 e. The van der Waals surface area contributed by atoms with Crippen molar-refractivity contribution >= 4 is 77.8 Å². The SMILES string of the molecule is CCC(C)C(NC(=O)C(CS)NC(=O)C(N)Cc1ccc(O)cc1)C(=O)NCC(=O)NC(CCC(=O)O)C(=O)NC(C(=O)NC(CC(C)C)C(=O)NC(CC(=O)O)C(=O)NCC(=O)O)C(C)C. The van der Waals surface area contributed by atoms with Gasteiger partial charge in [-0.2, -0.15) is 12.6 Å². The predicted octanol–water partition coefficient (Wildman–Crippen LogP) is -2.49. The van der Waals surface area contributed by atoms with Crippen LogP contribution in [0.5, 0.6) is 5.75 Å². The quantitative estimate of drug-likeness (QED) is 0.0355. The summed E-state index contributed by atoms with van der Waals surface area (Å²) in [7, 11) is 0. The first kappa shape index (κ1) is 58.5. The van der Waals surface area contributed by atoms with Gasteiger partial charge in [-0.15, -0.1) is 0 Å². The number of nitrogens with two attached hydrogens (primary N) is 1. The number of carbonyl (C=O) groups is 11. The molecule has 1 aromatic rings. The largest absolute Gasteiger partial charge is 0.508 e. The second kappa shape index (κ2) is 29.2. The van der Waals surface area contributed by atoms with Crippen LogP contribution >= 0.6 is 12.6 Å². The molecule has 8 unspecified atom stereocenters. The zero-order valence-electron chi connectivity index (χ0n) is 38.3. The lowest BCUT2D eigenvalue weighted by atomic mass is 9.98. The Morgan fingerprint density at radius 1 is 0.597 bits per heavy atom. The number of phenolic OH excluding ortho intramolecular Hbond substituents is 1. The van der Waals surface area contributed by atoms with Crippen LogP contribution in [0.2, 0.25) is 0 Å². The summed E-state index contributed by atoms with van der Waals surface area (Å²) < 4.78 is 0. The fourth-order valence-electron chi connectivity index (χ4n) is 6.16. The molecular weight excluding hydrogens is 903 g/mol. The van der Waals surface area contributed by atoms with E-state index in [9.17, 15) is 68.1 Å². The Kier molecular flexibility index (Phi) is 25.5. The summed E-state index contributed by atoms with van der Waals surface area (Å²) in [6, 6.07) is -3.62. The number of nitrogens with one attached hydrogen (secondary N) is 8. The third-order valence-corrected chi connectivity index (χ3v) is 10.4. The van der Waals surface area contributed by atoms with Crippen LogP contribution < -0.4 is 48.3 Å². The van der Waals surface area contributed by atoms with E-state index in [1.165, 1.54) is 26.0 Å². The van der Waals surface area contributed by atoms with Crippen molar-refractivity contribution in [3.8, 4) is 5.75 Å². The van der Waals surface area contributed by atoms with E-state index >= 15 is 0 Å². The Labute approximate surface area is 392 Å². The number of rotatable bonds is 30. The normalized spacial score (nSPS) is 14.6. The molecule has 0 saturated heterocycles. The molecule has 0 aliphatic carbocycles. The van der Waals surface area contributed by atoms with Crippen LogP contribution in [0.1, 0.15) is 79.2 Å². The number of carboxylic acids is 3. The fourth-order valence-corrected chi connectivity index (χ4v) is 6.42.